The molecule has 0 saturated carbocycles. The minimum atomic E-state index is -0.849. The lowest BCUT2D eigenvalue weighted by Crippen LogP contribution is -2.57. The highest BCUT2D eigenvalue weighted by Gasteiger charge is 2.35. The van der Waals surface area contributed by atoms with Gasteiger partial charge in [-0.05, 0) is 31.4 Å². The van der Waals surface area contributed by atoms with Crippen LogP contribution >= 0.6 is 23.4 Å². The molecule has 30 heavy (non-hydrogen) atoms. The first-order valence-corrected chi connectivity index (χ1v) is 13.2. The summed E-state index contributed by atoms with van der Waals surface area (Å²) in [5.41, 5.74) is 0.474. The number of hydrogen-bond donors (Lipinski definition) is 1. The number of hydrogen-bond acceptors (Lipinski definition) is 4. The third kappa shape index (κ3) is 6.11. The van der Waals surface area contributed by atoms with Crippen LogP contribution in [0.4, 0.5) is 9.18 Å². The van der Waals surface area contributed by atoms with E-state index in [0.717, 1.165) is 12.8 Å². The topological polar surface area (TPSA) is 69.7 Å². The van der Waals surface area contributed by atoms with Crippen LogP contribution in [0.3, 0.4) is 0 Å². The fraction of sp³-hybridized carbons (Fsp3) is 0.600. The summed E-state index contributed by atoms with van der Waals surface area (Å²) in [6, 6.07) is 4.03. The summed E-state index contributed by atoms with van der Waals surface area (Å²) in [6.07, 6.45) is 2.44. The van der Waals surface area contributed by atoms with Gasteiger partial charge in [-0.25, -0.2) is 9.18 Å². The summed E-state index contributed by atoms with van der Waals surface area (Å²) in [6.45, 7) is 1.96. The van der Waals surface area contributed by atoms with Gasteiger partial charge in [-0.15, -0.1) is 0 Å². The molecule has 3 rings (SSSR count). The van der Waals surface area contributed by atoms with Gasteiger partial charge in [0.15, 0.2) is 0 Å². The maximum absolute atomic E-state index is 13.8. The monoisotopic (exact) mass is 475 g/mol. The zero-order chi connectivity index (χ0) is 21.5. The molecule has 2 heterocycles. The van der Waals surface area contributed by atoms with Gasteiger partial charge in [0.1, 0.15) is 11.9 Å². The molecule has 1 atom stereocenters. The van der Waals surface area contributed by atoms with Crippen molar-refractivity contribution >= 4 is 46.1 Å². The zero-order valence-corrected chi connectivity index (χ0v) is 19.2. The molecular weight excluding hydrogens is 449 g/mol. The maximum Gasteiger partial charge on any atom is 0.320 e. The number of halogens is 2. The van der Waals surface area contributed by atoms with E-state index in [1.807, 2.05) is 0 Å². The summed E-state index contributed by atoms with van der Waals surface area (Å²) in [4.78, 5) is 29.0. The molecule has 1 unspecified atom stereocenters. The van der Waals surface area contributed by atoms with Crippen LogP contribution in [0.5, 0.6) is 0 Å². The average molecular weight is 476 g/mol. The highest BCUT2D eigenvalue weighted by Crippen LogP contribution is 2.24. The van der Waals surface area contributed by atoms with Crippen LogP contribution < -0.4 is 5.32 Å². The quantitative estimate of drug-likeness (QED) is 0.642. The minimum absolute atomic E-state index is 0.130. The Labute approximate surface area is 188 Å². The zero-order valence-electron chi connectivity index (χ0n) is 16.8. The molecule has 3 amide bonds. The van der Waals surface area contributed by atoms with E-state index >= 15 is 0 Å². The molecule has 0 spiro atoms. The van der Waals surface area contributed by atoms with Gasteiger partial charge in [0.25, 0.3) is 0 Å². The molecule has 0 aliphatic carbocycles. The number of carbonyl (C=O) groups is 2. The van der Waals surface area contributed by atoms with Crippen LogP contribution in [0, 0.1) is 5.82 Å². The lowest BCUT2D eigenvalue weighted by atomic mass is 10.0. The maximum atomic E-state index is 13.8. The van der Waals surface area contributed by atoms with Gasteiger partial charge in [0, 0.05) is 70.6 Å². The van der Waals surface area contributed by atoms with Crippen molar-refractivity contribution < 1.29 is 18.2 Å². The predicted molar refractivity (Wildman–Crippen MR) is 120 cm³/mol. The van der Waals surface area contributed by atoms with Crippen molar-refractivity contribution in [3.63, 3.8) is 0 Å². The van der Waals surface area contributed by atoms with Crippen LogP contribution in [0.2, 0.25) is 5.02 Å². The van der Waals surface area contributed by atoms with Crippen molar-refractivity contribution in [1.29, 1.82) is 0 Å². The minimum Gasteiger partial charge on any atom is -0.353 e. The summed E-state index contributed by atoms with van der Waals surface area (Å²) < 4.78 is 25.3. The van der Waals surface area contributed by atoms with Crippen molar-refractivity contribution in [2.24, 2.45) is 0 Å². The molecule has 0 radical (unpaired) electrons. The number of piperidine rings is 1. The lowest BCUT2D eigenvalue weighted by Gasteiger charge is -2.39. The highest BCUT2D eigenvalue weighted by atomic mass is 35.5. The van der Waals surface area contributed by atoms with Crippen LogP contribution in [0.1, 0.15) is 24.8 Å². The van der Waals surface area contributed by atoms with Crippen molar-refractivity contribution in [2.75, 3.05) is 43.4 Å². The van der Waals surface area contributed by atoms with E-state index in [9.17, 15) is 18.2 Å². The highest BCUT2D eigenvalue weighted by molar-refractivity contribution is 7.98. The molecule has 6 nitrogen and oxygen atoms in total. The molecule has 2 aliphatic rings. The molecule has 2 saturated heterocycles. The van der Waals surface area contributed by atoms with Gasteiger partial charge in [0.05, 0.1) is 0 Å². The first-order valence-electron chi connectivity index (χ1n) is 10.2. The predicted octanol–water partition coefficient (Wildman–Crippen LogP) is 2.87. The van der Waals surface area contributed by atoms with E-state index in [0.29, 0.717) is 66.2 Å². The van der Waals surface area contributed by atoms with Crippen molar-refractivity contribution in [1.82, 2.24) is 15.1 Å². The van der Waals surface area contributed by atoms with Gasteiger partial charge >= 0.3 is 6.03 Å². The number of nitrogens with one attached hydrogen (secondary N) is 1. The molecule has 1 aromatic carbocycles. The fourth-order valence-corrected chi connectivity index (χ4v) is 5.90. The Balaban J connectivity index is 1.46. The molecule has 0 bridgehead atoms. The van der Waals surface area contributed by atoms with Crippen LogP contribution in [0.15, 0.2) is 18.2 Å². The number of benzene rings is 1. The van der Waals surface area contributed by atoms with Gasteiger partial charge in [-0.1, -0.05) is 17.7 Å². The van der Waals surface area contributed by atoms with Crippen LogP contribution in [-0.4, -0.2) is 75.4 Å². The SMILES string of the molecule is O=C(NCCSCc1c(F)cccc1Cl)C1CCCCN1C(=O)N1CCS(=O)CC1. The third-order valence-corrected chi connectivity index (χ3v) is 7.97. The Bertz CT molecular complexity index is 768. The standard InChI is InChI=1S/C20H27ClFN3O3S2/c21-16-4-3-5-17(22)15(16)14-29-11-7-23-19(26)18-6-1-2-8-25(18)20(27)24-9-12-30(28)13-10-24/h3-5,18H,1-2,6-14H2,(H,23,26). The van der Waals surface area contributed by atoms with Gasteiger partial charge in [-0.3, -0.25) is 9.00 Å². The second-order valence-corrected chi connectivity index (χ2v) is 10.6. The van der Waals surface area contributed by atoms with Gasteiger partial charge in [-0.2, -0.15) is 11.8 Å². The number of nitrogens with zero attached hydrogens (tertiary/aromatic N) is 2. The molecular formula is C20H27ClFN3O3S2. The summed E-state index contributed by atoms with van der Waals surface area (Å²) >= 11 is 7.53. The summed E-state index contributed by atoms with van der Waals surface area (Å²) in [5, 5.41) is 3.32. The van der Waals surface area contributed by atoms with Crippen molar-refractivity contribution in [3.8, 4) is 0 Å². The average Bonchev–Trinajstić information content (AvgIpc) is 2.75. The lowest BCUT2D eigenvalue weighted by molar-refractivity contribution is -0.126. The van der Waals surface area contributed by atoms with Gasteiger partial charge in [0.2, 0.25) is 5.91 Å². The van der Waals surface area contributed by atoms with E-state index in [4.69, 9.17) is 11.6 Å². The largest absolute Gasteiger partial charge is 0.353 e. The molecule has 10 heteroatoms. The van der Waals surface area contributed by atoms with E-state index in [2.05, 4.69) is 5.32 Å². The summed E-state index contributed by atoms with van der Waals surface area (Å²) in [5.74, 6) is 1.59. The molecule has 2 fully saturated rings. The molecule has 166 valence electrons. The molecule has 1 aromatic rings. The Morgan fingerprint density at radius 1 is 1.23 bits per heavy atom. The summed E-state index contributed by atoms with van der Waals surface area (Å²) in [7, 11) is -0.849. The Hall–Kier alpha value is -1.32. The molecule has 0 aromatic heterocycles. The number of urea groups is 1. The van der Waals surface area contributed by atoms with E-state index in [-0.39, 0.29) is 17.8 Å². The van der Waals surface area contributed by atoms with Crippen molar-refractivity contribution in [3.05, 3.63) is 34.6 Å². The Morgan fingerprint density at radius 2 is 2.00 bits per heavy atom. The number of amides is 3. The first-order chi connectivity index (χ1) is 14.5. The smallest absolute Gasteiger partial charge is 0.320 e. The van der Waals surface area contributed by atoms with Crippen molar-refractivity contribution in [2.45, 2.75) is 31.1 Å². The number of rotatable bonds is 6. The normalized spacial score (nSPS) is 20.3. The van der Waals surface area contributed by atoms with E-state index in [1.54, 1.807) is 21.9 Å². The fourth-order valence-electron chi connectivity index (χ4n) is 3.65. The first kappa shape index (κ1) is 23.3. The number of thioether (sulfide) groups is 1. The van der Waals surface area contributed by atoms with Crippen LogP contribution in [0.25, 0.3) is 0 Å². The molecule has 2 aliphatic heterocycles. The Morgan fingerprint density at radius 3 is 2.73 bits per heavy atom. The van der Waals surface area contributed by atoms with Crippen LogP contribution in [-0.2, 0) is 21.3 Å². The van der Waals surface area contributed by atoms with Gasteiger partial charge < -0.3 is 15.1 Å². The van der Waals surface area contributed by atoms with E-state index < -0.39 is 16.8 Å². The second-order valence-electron chi connectivity index (χ2n) is 7.37. The number of likely N-dealkylation sites (tertiary alicyclic amines) is 1. The molecule has 1 N–H and O–H groups in total. The van der Waals surface area contributed by atoms with E-state index in [1.165, 1.54) is 17.8 Å². The Kier molecular flexibility index (Phi) is 8.83. The third-order valence-electron chi connectivity index (χ3n) is 5.35. The second kappa shape index (κ2) is 11.3. The number of carbonyl (C=O) groups excluding carboxylic acids is 2.